The molecule has 0 radical (unpaired) electrons. The summed E-state index contributed by atoms with van der Waals surface area (Å²) >= 11 is 1.37. The van der Waals surface area contributed by atoms with Crippen LogP contribution in [0.1, 0.15) is 56.3 Å². The predicted octanol–water partition coefficient (Wildman–Crippen LogP) is 4.08. The van der Waals surface area contributed by atoms with E-state index in [1.165, 1.54) is 18.9 Å². The number of thioether (sulfide) groups is 1. The Hall–Kier alpha value is -3.63. The predicted molar refractivity (Wildman–Crippen MR) is 160 cm³/mol. The van der Waals surface area contributed by atoms with Gasteiger partial charge in [0, 0.05) is 46.9 Å². The molecule has 44 heavy (non-hydrogen) atoms. The lowest BCUT2D eigenvalue weighted by Gasteiger charge is -2.61. The highest BCUT2D eigenvalue weighted by Gasteiger charge is 2.60. The van der Waals surface area contributed by atoms with E-state index in [-0.39, 0.29) is 49.8 Å². The minimum Gasteiger partial charge on any atom is -0.507 e. The Morgan fingerprint density at radius 3 is 2.61 bits per heavy atom. The molecular formula is C32H35N3O8S. The van der Waals surface area contributed by atoms with E-state index in [0.29, 0.717) is 34.6 Å². The third kappa shape index (κ3) is 3.96. The summed E-state index contributed by atoms with van der Waals surface area (Å²) in [5.74, 6) is 1.36. The van der Waals surface area contributed by atoms with Gasteiger partial charge in [-0.05, 0) is 50.9 Å². The highest BCUT2D eigenvalue weighted by Crippen LogP contribution is 2.63. The Morgan fingerprint density at radius 1 is 1.11 bits per heavy atom. The number of carbonyl (C=O) groups excluding carboxylic acids is 1. The molecule has 232 valence electrons. The van der Waals surface area contributed by atoms with E-state index in [0.717, 1.165) is 28.0 Å². The normalized spacial score (nSPS) is 29.8. The first-order chi connectivity index (χ1) is 21.2. The summed E-state index contributed by atoms with van der Waals surface area (Å²) < 4.78 is 34.9. The monoisotopic (exact) mass is 621 g/mol. The number of carbonyl (C=O) groups is 1. The molecule has 2 aromatic rings. The number of esters is 1. The Kier molecular flexibility index (Phi) is 7.12. The van der Waals surface area contributed by atoms with Crippen molar-refractivity contribution in [3.63, 3.8) is 0 Å². The smallest absolute Gasteiger partial charge is 0.374 e. The second-order valence-electron chi connectivity index (χ2n) is 11.9. The zero-order chi connectivity index (χ0) is 31.0. The number of nitriles is 1. The average molecular weight is 622 g/mol. The minimum absolute atomic E-state index is 0.00933. The van der Waals surface area contributed by atoms with Crippen LogP contribution in [0.3, 0.4) is 0 Å². The fourth-order valence-electron chi connectivity index (χ4n) is 7.83. The maximum atomic E-state index is 13.1. The fraction of sp³-hybridized carbons (Fsp3) is 0.500. The standard InChI is InChI=1S/C32H35N3O8S/c1-14-7-17-8-18-19(9-33)35-20-10-40-32(37)21(39-6)11-44-31(24-23(20)30-29(42-13-43-30)16(3)27(24)36)26(35)25(34(18)4)22(17)28(15(14)2)41-12-38-5/h7,11,18-20,25-26,31,36H,8,10,12-13H2,1-6H3/b21-11+/t18-,19+,20-,25-,26?,31-/m1/s1. The van der Waals surface area contributed by atoms with Gasteiger partial charge in [-0.15, -0.1) is 11.8 Å². The number of methoxy groups -OCH3 is 2. The number of phenols is 1. The number of benzene rings is 2. The molecule has 5 heterocycles. The minimum atomic E-state index is -0.603. The van der Waals surface area contributed by atoms with E-state index in [4.69, 9.17) is 28.4 Å². The van der Waals surface area contributed by atoms with Crippen LogP contribution in [0.5, 0.6) is 23.0 Å². The largest absolute Gasteiger partial charge is 0.507 e. The third-order valence-corrected chi connectivity index (χ3v) is 11.1. The number of nitrogens with zero attached hydrogens (tertiary/aromatic N) is 3. The van der Waals surface area contributed by atoms with Gasteiger partial charge in [0.1, 0.15) is 24.1 Å². The van der Waals surface area contributed by atoms with Crippen molar-refractivity contribution in [2.45, 2.75) is 62.7 Å². The van der Waals surface area contributed by atoms with E-state index in [2.05, 4.69) is 42.8 Å². The number of fused-ring (bicyclic) bond motifs is 9. The maximum Gasteiger partial charge on any atom is 0.374 e. The Labute approximate surface area is 260 Å². The third-order valence-electron chi connectivity index (χ3n) is 9.91. The quantitative estimate of drug-likeness (QED) is 0.391. The molecule has 11 nitrogen and oxygen atoms in total. The number of hydrogen-bond donors (Lipinski definition) is 1. The number of cyclic esters (lactones) is 1. The number of piperazine rings is 1. The van der Waals surface area contributed by atoms with Gasteiger partial charge in [0.15, 0.2) is 18.3 Å². The van der Waals surface area contributed by atoms with Crippen LogP contribution in [0.2, 0.25) is 0 Å². The molecule has 7 rings (SSSR count). The molecule has 4 bridgehead atoms. The molecular weight excluding hydrogens is 586 g/mol. The molecule has 0 saturated carbocycles. The number of aromatic hydroxyl groups is 1. The van der Waals surface area contributed by atoms with Gasteiger partial charge in [-0.3, -0.25) is 9.80 Å². The van der Waals surface area contributed by atoms with Gasteiger partial charge in [-0.2, -0.15) is 5.26 Å². The van der Waals surface area contributed by atoms with Crippen molar-refractivity contribution >= 4 is 17.7 Å². The Morgan fingerprint density at radius 2 is 1.89 bits per heavy atom. The second kappa shape index (κ2) is 10.8. The molecule has 5 aliphatic heterocycles. The van der Waals surface area contributed by atoms with Gasteiger partial charge in [-0.25, -0.2) is 4.79 Å². The SMILES string of the molecule is COCOc1c(C)c(C)cc2c1[C@@H]1C3[C@@H]4S/C=C(/OC)C(=O)OC[C@H](c5c6c(c(C)c(O)c54)OCO6)N3[C@@H](C#N)[C@@H](C2)N1C. The molecule has 0 amide bonds. The lowest BCUT2D eigenvalue weighted by molar-refractivity contribution is -0.148. The molecule has 5 aliphatic rings. The molecule has 0 aliphatic carbocycles. The van der Waals surface area contributed by atoms with Crippen LogP contribution in [-0.4, -0.2) is 80.5 Å². The van der Waals surface area contributed by atoms with Crippen molar-refractivity contribution in [2.75, 3.05) is 41.5 Å². The molecule has 12 heteroatoms. The Bertz CT molecular complexity index is 1640. The summed E-state index contributed by atoms with van der Waals surface area (Å²) in [6, 6.07) is 2.92. The van der Waals surface area contributed by atoms with Crippen molar-refractivity contribution in [1.82, 2.24) is 9.80 Å². The van der Waals surface area contributed by atoms with Crippen LogP contribution in [-0.2, 0) is 25.4 Å². The van der Waals surface area contributed by atoms with Crippen LogP contribution >= 0.6 is 11.8 Å². The fourth-order valence-corrected chi connectivity index (χ4v) is 9.12. The van der Waals surface area contributed by atoms with Gasteiger partial charge in [0.25, 0.3) is 0 Å². The zero-order valence-corrected chi connectivity index (χ0v) is 26.3. The van der Waals surface area contributed by atoms with Crippen molar-refractivity contribution in [3.05, 3.63) is 56.2 Å². The molecule has 0 aromatic heterocycles. The van der Waals surface area contributed by atoms with Crippen LogP contribution in [0, 0.1) is 32.1 Å². The molecule has 1 N–H and O–H groups in total. The van der Waals surface area contributed by atoms with Gasteiger partial charge in [0.2, 0.25) is 12.6 Å². The highest BCUT2D eigenvalue weighted by molar-refractivity contribution is 8.02. The topological polar surface area (TPSA) is 123 Å². The van der Waals surface area contributed by atoms with Gasteiger partial charge in [-0.1, -0.05) is 6.07 Å². The average Bonchev–Trinajstić information content (AvgIpc) is 3.50. The summed E-state index contributed by atoms with van der Waals surface area (Å²) in [5, 5.41) is 23.9. The summed E-state index contributed by atoms with van der Waals surface area (Å²) in [5.41, 5.74) is 6.27. The van der Waals surface area contributed by atoms with E-state index < -0.39 is 23.3 Å². The zero-order valence-electron chi connectivity index (χ0n) is 25.5. The molecule has 0 spiro atoms. The molecule has 2 aromatic carbocycles. The second-order valence-corrected chi connectivity index (χ2v) is 12.9. The molecule has 1 unspecified atom stereocenters. The first kappa shape index (κ1) is 29.1. The van der Waals surface area contributed by atoms with E-state index >= 15 is 0 Å². The first-order valence-corrected chi connectivity index (χ1v) is 15.5. The van der Waals surface area contributed by atoms with E-state index in [1.807, 2.05) is 6.92 Å². The number of rotatable bonds is 4. The summed E-state index contributed by atoms with van der Waals surface area (Å²) in [6.07, 6.45) is 0.635. The number of hydrogen-bond acceptors (Lipinski definition) is 12. The maximum absolute atomic E-state index is 13.1. The van der Waals surface area contributed by atoms with Crippen LogP contribution in [0.25, 0.3) is 0 Å². The molecule has 1 fully saturated rings. The van der Waals surface area contributed by atoms with Crippen molar-refractivity contribution in [1.29, 1.82) is 5.26 Å². The lowest BCUT2D eigenvalue weighted by Crippen LogP contribution is -2.69. The number of likely N-dealkylation sites (N-methyl/N-ethyl adjacent to an activating group) is 1. The molecule has 6 atom stereocenters. The van der Waals surface area contributed by atoms with Crippen LogP contribution in [0.15, 0.2) is 17.2 Å². The van der Waals surface area contributed by atoms with Crippen molar-refractivity contribution in [2.24, 2.45) is 0 Å². The van der Waals surface area contributed by atoms with Crippen LogP contribution in [0.4, 0.5) is 0 Å². The van der Waals surface area contributed by atoms with Crippen molar-refractivity contribution in [3.8, 4) is 29.1 Å². The van der Waals surface area contributed by atoms with E-state index in [1.54, 1.807) is 12.5 Å². The number of phenolic OH excluding ortho intramolecular Hbond substituents is 1. The van der Waals surface area contributed by atoms with Crippen molar-refractivity contribution < 1.29 is 38.3 Å². The Balaban J connectivity index is 1.55. The van der Waals surface area contributed by atoms with Gasteiger partial charge in [0.05, 0.1) is 30.5 Å². The van der Waals surface area contributed by atoms with Crippen LogP contribution < -0.4 is 14.2 Å². The number of aryl methyl sites for hydroxylation is 1. The first-order valence-electron chi connectivity index (χ1n) is 14.6. The number of ether oxygens (including phenoxy) is 6. The summed E-state index contributed by atoms with van der Waals surface area (Å²) in [7, 11) is 5.10. The van der Waals surface area contributed by atoms with Gasteiger partial charge >= 0.3 is 5.97 Å². The highest BCUT2D eigenvalue weighted by atomic mass is 32.2. The van der Waals surface area contributed by atoms with Gasteiger partial charge < -0.3 is 33.5 Å². The lowest BCUT2D eigenvalue weighted by atomic mass is 9.71. The summed E-state index contributed by atoms with van der Waals surface area (Å²) in [6.45, 7) is 5.97. The molecule has 1 saturated heterocycles. The summed E-state index contributed by atoms with van der Waals surface area (Å²) in [4.78, 5) is 17.6. The van der Waals surface area contributed by atoms with E-state index in [9.17, 15) is 15.2 Å².